The van der Waals surface area contributed by atoms with Crippen LogP contribution in [0.3, 0.4) is 0 Å². The number of benzene rings is 1. The van der Waals surface area contributed by atoms with E-state index in [0.717, 1.165) is 19.4 Å². The van der Waals surface area contributed by atoms with Gasteiger partial charge in [0.1, 0.15) is 0 Å². The number of nitrogens with one attached hydrogen (secondary N) is 2. The first-order valence-corrected chi connectivity index (χ1v) is 8.45. The number of amides is 1. The smallest absolute Gasteiger partial charge is 0.253 e. The molecule has 2 aromatic rings. The Morgan fingerprint density at radius 1 is 1.29 bits per heavy atom. The Hall–Kier alpha value is -1.82. The van der Waals surface area contributed by atoms with Crippen molar-refractivity contribution in [2.24, 2.45) is 0 Å². The zero-order chi connectivity index (χ0) is 16.9. The van der Waals surface area contributed by atoms with Crippen molar-refractivity contribution >= 4 is 40.5 Å². The van der Waals surface area contributed by atoms with Crippen molar-refractivity contribution < 1.29 is 9.53 Å². The second-order valence-electron chi connectivity index (χ2n) is 5.53. The molecule has 0 bridgehead atoms. The minimum Gasteiger partial charge on any atom is -0.376 e. The molecule has 1 fully saturated rings. The Labute approximate surface area is 150 Å². The number of aromatic nitrogens is 1. The maximum Gasteiger partial charge on any atom is 0.253 e. The maximum atomic E-state index is 12.3. The van der Waals surface area contributed by atoms with Crippen LogP contribution in [-0.2, 0) is 4.74 Å². The Morgan fingerprint density at radius 2 is 2.08 bits per heavy atom. The van der Waals surface area contributed by atoms with Crippen LogP contribution >= 0.6 is 23.2 Å². The van der Waals surface area contributed by atoms with Gasteiger partial charge in [0.2, 0.25) is 0 Å². The molecule has 3 rings (SSSR count). The van der Waals surface area contributed by atoms with Crippen molar-refractivity contribution in [3.05, 3.63) is 52.3 Å². The molecule has 1 unspecified atom stereocenters. The van der Waals surface area contributed by atoms with E-state index in [1.165, 1.54) is 6.20 Å². The van der Waals surface area contributed by atoms with E-state index in [9.17, 15) is 4.79 Å². The summed E-state index contributed by atoms with van der Waals surface area (Å²) in [6, 6.07) is 6.95. The van der Waals surface area contributed by atoms with Gasteiger partial charge in [-0.05, 0) is 31.0 Å². The van der Waals surface area contributed by atoms with Gasteiger partial charge in [0, 0.05) is 19.3 Å². The molecule has 24 heavy (non-hydrogen) atoms. The third kappa shape index (κ3) is 4.17. The third-order valence-electron chi connectivity index (χ3n) is 3.75. The largest absolute Gasteiger partial charge is 0.376 e. The minimum absolute atomic E-state index is 0.102. The maximum absolute atomic E-state index is 12.3. The van der Waals surface area contributed by atoms with Gasteiger partial charge in [-0.15, -0.1) is 0 Å². The number of pyridine rings is 1. The van der Waals surface area contributed by atoms with E-state index in [4.69, 9.17) is 27.9 Å². The molecule has 1 atom stereocenters. The Bertz CT molecular complexity index is 713. The summed E-state index contributed by atoms with van der Waals surface area (Å²) in [4.78, 5) is 16.4. The summed E-state index contributed by atoms with van der Waals surface area (Å²) in [5.74, 6) is -0.188. The van der Waals surface area contributed by atoms with Gasteiger partial charge in [-0.3, -0.25) is 9.78 Å². The number of ether oxygens (including phenoxy) is 1. The second kappa shape index (κ2) is 7.83. The topological polar surface area (TPSA) is 63.2 Å². The van der Waals surface area contributed by atoms with Crippen LogP contribution in [0.1, 0.15) is 23.2 Å². The summed E-state index contributed by atoms with van der Waals surface area (Å²) in [6.45, 7) is 1.27. The van der Waals surface area contributed by atoms with Crippen molar-refractivity contribution in [3.8, 4) is 0 Å². The van der Waals surface area contributed by atoms with E-state index in [1.54, 1.807) is 30.5 Å². The number of halogens is 2. The number of hydrogen-bond donors (Lipinski definition) is 2. The van der Waals surface area contributed by atoms with Crippen molar-refractivity contribution in [2.75, 3.05) is 18.5 Å². The first-order chi connectivity index (χ1) is 11.6. The lowest BCUT2D eigenvalue weighted by molar-refractivity contribution is 0.0857. The molecule has 5 nitrogen and oxygen atoms in total. The average molecular weight is 366 g/mol. The standard InChI is InChI=1S/C17H17Cl2N3O2/c18-14-4-1-5-15(19)16(14)22-12-7-11(8-20-9-12)17(23)21-10-13-3-2-6-24-13/h1,4-5,7-9,13,22H,2-3,6,10H2,(H,21,23). The highest BCUT2D eigenvalue weighted by atomic mass is 35.5. The van der Waals surface area contributed by atoms with Crippen LogP contribution in [0.5, 0.6) is 0 Å². The van der Waals surface area contributed by atoms with Crippen LogP contribution in [0.2, 0.25) is 10.0 Å². The van der Waals surface area contributed by atoms with E-state index in [0.29, 0.717) is 33.5 Å². The van der Waals surface area contributed by atoms with Gasteiger partial charge in [-0.1, -0.05) is 29.3 Å². The van der Waals surface area contributed by atoms with Crippen molar-refractivity contribution in [3.63, 3.8) is 0 Å². The number of anilines is 2. The molecule has 2 heterocycles. The summed E-state index contributed by atoms with van der Waals surface area (Å²) < 4.78 is 5.50. The van der Waals surface area contributed by atoms with E-state index in [2.05, 4.69) is 15.6 Å². The lowest BCUT2D eigenvalue weighted by Crippen LogP contribution is -2.31. The molecule has 2 N–H and O–H groups in total. The number of nitrogens with zero attached hydrogens (tertiary/aromatic N) is 1. The van der Waals surface area contributed by atoms with Gasteiger partial charge in [0.05, 0.1) is 39.3 Å². The number of para-hydroxylation sites is 1. The summed E-state index contributed by atoms with van der Waals surface area (Å²) in [5, 5.41) is 6.96. The third-order valence-corrected chi connectivity index (χ3v) is 4.38. The molecule has 0 saturated carbocycles. The Morgan fingerprint density at radius 3 is 2.79 bits per heavy atom. The molecule has 1 aliphatic heterocycles. The van der Waals surface area contributed by atoms with Crippen LogP contribution < -0.4 is 10.6 Å². The average Bonchev–Trinajstić information content (AvgIpc) is 3.10. The van der Waals surface area contributed by atoms with Crippen molar-refractivity contribution in [1.29, 1.82) is 0 Å². The van der Waals surface area contributed by atoms with E-state index < -0.39 is 0 Å². The van der Waals surface area contributed by atoms with E-state index in [1.807, 2.05) is 0 Å². The fraction of sp³-hybridized carbons (Fsp3) is 0.294. The molecule has 1 saturated heterocycles. The molecular formula is C17H17Cl2N3O2. The predicted octanol–water partition coefficient (Wildman–Crippen LogP) is 4.04. The van der Waals surface area contributed by atoms with Crippen LogP contribution in [0.4, 0.5) is 11.4 Å². The predicted molar refractivity (Wildman–Crippen MR) is 95.3 cm³/mol. The molecule has 0 spiro atoms. The van der Waals surface area contributed by atoms with Gasteiger partial charge in [0.15, 0.2) is 0 Å². The van der Waals surface area contributed by atoms with E-state index >= 15 is 0 Å². The molecule has 1 amide bonds. The lowest BCUT2D eigenvalue weighted by Gasteiger charge is -2.12. The molecule has 1 aromatic carbocycles. The SMILES string of the molecule is O=C(NCC1CCCO1)c1cncc(Nc2c(Cl)cccc2Cl)c1. The van der Waals surface area contributed by atoms with Crippen LogP contribution in [0, 0.1) is 0 Å². The van der Waals surface area contributed by atoms with Gasteiger partial charge in [0.25, 0.3) is 5.91 Å². The number of rotatable bonds is 5. The summed E-state index contributed by atoms with van der Waals surface area (Å²) in [6.07, 6.45) is 5.25. The fourth-order valence-corrected chi connectivity index (χ4v) is 3.00. The molecule has 126 valence electrons. The molecule has 0 radical (unpaired) electrons. The quantitative estimate of drug-likeness (QED) is 0.838. The highest BCUT2D eigenvalue weighted by molar-refractivity contribution is 6.39. The Balaban J connectivity index is 1.68. The fourth-order valence-electron chi connectivity index (χ4n) is 2.51. The second-order valence-corrected chi connectivity index (χ2v) is 6.34. The van der Waals surface area contributed by atoms with Gasteiger partial charge >= 0.3 is 0 Å². The van der Waals surface area contributed by atoms with E-state index in [-0.39, 0.29) is 12.0 Å². The molecule has 1 aromatic heterocycles. The zero-order valence-corrected chi connectivity index (χ0v) is 14.4. The molecule has 1 aliphatic rings. The van der Waals surface area contributed by atoms with Crippen molar-refractivity contribution in [1.82, 2.24) is 10.3 Å². The monoisotopic (exact) mass is 365 g/mol. The lowest BCUT2D eigenvalue weighted by atomic mass is 10.2. The summed E-state index contributed by atoms with van der Waals surface area (Å²) >= 11 is 12.3. The molecule has 7 heteroatoms. The van der Waals surface area contributed by atoms with Crippen LogP contribution in [0.25, 0.3) is 0 Å². The number of carbonyl (C=O) groups excluding carboxylic acids is 1. The normalized spacial score (nSPS) is 16.8. The highest BCUT2D eigenvalue weighted by Crippen LogP contribution is 2.32. The molecular weight excluding hydrogens is 349 g/mol. The highest BCUT2D eigenvalue weighted by Gasteiger charge is 2.17. The first kappa shape index (κ1) is 17.0. The van der Waals surface area contributed by atoms with Gasteiger partial charge in [-0.2, -0.15) is 0 Å². The van der Waals surface area contributed by atoms with Gasteiger partial charge < -0.3 is 15.4 Å². The Kier molecular flexibility index (Phi) is 5.56. The summed E-state index contributed by atoms with van der Waals surface area (Å²) in [7, 11) is 0. The van der Waals surface area contributed by atoms with Crippen LogP contribution in [-0.4, -0.2) is 30.1 Å². The zero-order valence-electron chi connectivity index (χ0n) is 12.9. The summed E-state index contributed by atoms with van der Waals surface area (Å²) in [5.41, 5.74) is 1.68. The number of carbonyl (C=O) groups is 1. The van der Waals surface area contributed by atoms with Gasteiger partial charge in [-0.25, -0.2) is 0 Å². The minimum atomic E-state index is -0.188. The first-order valence-electron chi connectivity index (χ1n) is 7.69. The van der Waals surface area contributed by atoms with Crippen LogP contribution in [0.15, 0.2) is 36.7 Å². The number of hydrogen-bond acceptors (Lipinski definition) is 4. The molecule has 0 aliphatic carbocycles. The van der Waals surface area contributed by atoms with Crippen molar-refractivity contribution in [2.45, 2.75) is 18.9 Å².